The third kappa shape index (κ3) is 8.32. The lowest BCUT2D eigenvalue weighted by atomic mass is 9.76. The first-order valence-corrected chi connectivity index (χ1v) is 11.9. The number of phenolic OH excluding ortho intramolecular Hbond substituents is 1. The lowest BCUT2D eigenvalue weighted by Gasteiger charge is -2.31. The highest BCUT2D eigenvalue weighted by molar-refractivity contribution is 5.97. The summed E-state index contributed by atoms with van der Waals surface area (Å²) >= 11 is 0. The Morgan fingerprint density at radius 2 is 1.92 bits per heavy atom. The van der Waals surface area contributed by atoms with Gasteiger partial charge >= 0.3 is 5.63 Å². The van der Waals surface area contributed by atoms with Crippen molar-refractivity contribution in [3.63, 3.8) is 0 Å². The number of carbonyl (C=O) groups excluding carboxylic acids is 2. The molecule has 1 aromatic heterocycles. The van der Waals surface area contributed by atoms with Crippen molar-refractivity contribution in [3.8, 4) is 11.5 Å². The van der Waals surface area contributed by atoms with Crippen molar-refractivity contribution in [3.05, 3.63) is 70.6 Å². The van der Waals surface area contributed by atoms with Crippen LogP contribution in [0.4, 0.5) is 0 Å². The van der Waals surface area contributed by atoms with E-state index in [1.54, 1.807) is 18.2 Å². The SMILES string of the molecule is CC(C)=CCOc1cc2oc(=O)ccc2cc1O.CCCC=CC=CC1CC(O)C(O)C(=O)C1C=O. The van der Waals surface area contributed by atoms with Gasteiger partial charge in [-0.05, 0) is 50.8 Å². The van der Waals surface area contributed by atoms with Gasteiger partial charge in [0.05, 0.1) is 12.0 Å². The summed E-state index contributed by atoms with van der Waals surface area (Å²) in [4.78, 5) is 33.6. The summed E-state index contributed by atoms with van der Waals surface area (Å²) < 4.78 is 10.4. The molecule has 1 fully saturated rings. The molecule has 3 N–H and O–H groups in total. The first-order chi connectivity index (χ1) is 17.2. The van der Waals surface area contributed by atoms with Crippen LogP contribution in [0.1, 0.15) is 40.0 Å². The first kappa shape index (κ1) is 28.7. The van der Waals surface area contributed by atoms with Gasteiger partial charge in [0.2, 0.25) is 0 Å². The van der Waals surface area contributed by atoms with E-state index in [-0.39, 0.29) is 18.1 Å². The second kappa shape index (κ2) is 14.2. The standard InChI is InChI=1S/C14H14O4.C14H20O4/c1-9(2)5-6-17-13-8-12-10(7-11(13)15)3-4-14(16)18-12;1-2-3-4-5-6-7-10-8-12(16)14(18)13(17)11(10)9-15/h3-5,7-8,15H,6H2,1-2H3;4-7,9-12,14,16,18H,2-3,8H2,1H3. The lowest BCUT2D eigenvalue weighted by molar-refractivity contribution is -0.146. The van der Waals surface area contributed by atoms with E-state index in [2.05, 4.69) is 6.92 Å². The summed E-state index contributed by atoms with van der Waals surface area (Å²) in [5.74, 6) is -1.44. The lowest BCUT2D eigenvalue weighted by Crippen LogP contribution is -2.47. The highest BCUT2D eigenvalue weighted by Gasteiger charge is 2.41. The fourth-order valence-electron chi connectivity index (χ4n) is 3.57. The molecule has 0 saturated heterocycles. The quantitative estimate of drug-likeness (QED) is 0.164. The number of aromatic hydroxyl groups is 1. The molecule has 194 valence electrons. The van der Waals surface area contributed by atoms with Gasteiger partial charge in [-0.25, -0.2) is 4.79 Å². The van der Waals surface area contributed by atoms with Crippen molar-refractivity contribution in [1.82, 2.24) is 0 Å². The number of hydrogen-bond acceptors (Lipinski definition) is 8. The highest BCUT2D eigenvalue weighted by Crippen LogP contribution is 2.31. The Kier molecular flexibility index (Phi) is 11.3. The summed E-state index contributed by atoms with van der Waals surface area (Å²) in [6.45, 7) is 6.36. The van der Waals surface area contributed by atoms with E-state index >= 15 is 0 Å². The zero-order chi connectivity index (χ0) is 26.7. The number of hydrogen-bond donors (Lipinski definition) is 3. The van der Waals surface area contributed by atoms with Crippen LogP contribution < -0.4 is 10.4 Å². The summed E-state index contributed by atoms with van der Waals surface area (Å²) in [6, 6.07) is 5.94. The van der Waals surface area contributed by atoms with Crippen LogP contribution >= 0.6 is 0 Å². The van der Waals surface area contributed by atoms with Crippen molar-refractivity contribution < 1.29 is 34.1 Å². The molecule has 4 unspecified atom stereocenters. The number of phenols is 1. The zero-order valence-electron chi connectivity index (χ0n) is 20.8. The number of ketones is 1. The van der Waals surface area contributed by atoms with E-state index in [0.29, 0.717) is 29.6 Å². The maximum Gasteiger partial charge on any atom is 0.336 e. The van der Waals surface area contributed by atoms with E-state index in [0.717, 1.165) is 18.4 Å². The van der Waals surface area contributed by atoms with E-state index in [4.69, 9.17) is 9.15 Å². The van der Waals surface area contributed by atoms with Gasteiger partial charge in [-0.1, -0.05) is 43.2 Å². The Morgan fingerprint density at radius 1 is 1.17 bits per heavy atom. The van der Waals surface area contributed by atoms with Gasteiger partial charge in [0, 0.05) is 17.5 Å². The van der Waals surface area contributed by atoms with Gasteiger partial charge in [-0.2, -0.15) is 0 Å². The molecule has 4 atom stereocenters. The van der Waals surface area contributed by atoms with Crippen LogP contribution in [0.5, 0.6) is 11.5 Å². The summed E-state index contributed by atoms with van der Waals surface area (Å²) in [5.41, 5.74) is 1.10. The Balaban J connectivity index is 0.000000254. The van der Waals surface area contributed by atoms with Gasteiger partial charge in [-0.15, -0.1) is 0 Å². The fraction of sp³-hybridized carbons (Fsp3) is 0.393. The van der Waals surface area contributed by atoms with Gasteiger partial charge in [0.1, 0.15) is 24.6 Å². The van der Waals surface area contributed by atoms with Crippen molar-refractivity contribution in [2.45, 2.75) is 52.2 Å². The van der Waals surface area contributed by atoms with Crippen LogP contribution in [0.25, 0.3) is 11.0 Å². The van der Waals surface area contributed by atoms with Crippen LogP contribution in [-0.2, 0) is 9.59 Å². The van der Waals surface area contributed by atoms with E-state index in [1.807, 2.05) is 32.1 Å². The van der Waals surface area contributed by atoms with Crippen LogP contribution in [0.2, 0.25) is 0 Å². The second-order valence-corrected chi connectivity index (χ2v) is 8.78. The zero-order valence-corrected chi connectivity index (χ0v) is 20.8. The summed E-state index contributed by atoms with van der Waals surface area (Å²) in [5, 5.41) is 29.4. The van der Waals surface area contributed by atoms with Gasteiger partial charge in [0.25, 0.3) is 0 Å². The van der Waals surface area contributed by atoms with E-state index < -0.39 is 29.5 Å². The number of aldehydes is 1. The predicted octanol–water partition coefficient (Wildman–Crippen LogP) is 3.87. The minimum Gasteiger partial charge on any atom is -0.504 e. The van der Waals surface area contributed by atoms with Gasteiger partial charge in [0.15, 0.2) is 17.3 Å². The van der Waals surface area contributed by atoms with Gasteiger partial charge in [-0.3, -0.25) is 4.79 Å². The van der Waals surface area contributed by atoms with Crippen molar-refractivity contribution in [1.29, 1.82) is 0 Å². The molecule has 0 aliphatic heterocycles. The monoisotopic (exact) mass is 498 g/mol. The number of carbonyl (C=O) groups is 2. The number of benzene rings is 1. The molecule has 8 heteroatoms. The molecule has 1 aromatic carbocycles. The van der Waals surface area contributed by atoms with Crippen molar-refractivity contribution in [2.24, 2.45) is 11.8 Å². The second-order valence-electron chi connectivity index (χ2n) is 8.78. The van der Waals surface area contributed by atoms with Crippen molar-refractivity contribution >= 4 is 23.0 Å². The topological polar surface area (TPSA) is 134 Å². The molecule has 36 heavy (non-hydrogen) atoms. The molecule has 2 aromatic rings. The fourth-order valence-corrected chi connectivity index (χ4v) is 3.57. The highest BCUT2D eigenvalue weighted by atomic mass is 16.5. The Morgan fingerprint density at radius 3 is 2.58 bits per heavy atom. The van der Waals surface area contributed by atoms with E-state index in [9.17, 15) is 29.7 Å². The number of fused-ring (bicyclic) bond motifs is 1. The molecule has 1 saturated carbocycles. The molecule has 8 nitrogen and oxygen atoms in total. The normalized spacial score (nSPS) is 21.9. The molecule has 3 rings (SSSR count). The molecule has 1 aliphatic carbocycles. The van der Waals surface area contributed by atoms with Crippen LogP contribution in [-0.4, -0.2) is 46.2 Å². The molecule has 0 amide bonds. The van der Waals surface area contributed by atoms with Crippen LogP contribution in [0.15, 0.2) is 69.4 Å². The first-order valence-electron chi connectivity index (χ1n) is 11.9. The largest absolute Gasteiger partial charge is 0.504 e. The number of aliphatic hydroxyl groups is 2. The number of unbranched alkanes of at least 4 members (excludes halogenated alkanes) is 1. The predicted molar refractivity (Wildman–Crippen MR) is 137 cm³/mol. The summed E-state index contributed by atoms with van der Waals surface area (Å²) in [6.07, 6.45) is 9.62. The van der Waals surface area contributed by atoms with Crippen LogP contribution in [0, 0.1) is 11.8 Å². The molecule has 0 radical (unpaired) electrons. The molecule has 1 heterocycles. The maximum absolute atomic E-state index is 11.6. The number of Topliss-reactive ketones (excluding diaryl/α,β-unsaturated/α-hetero) is 1. The Bertz CT molecular complexity index is 1170. The average Bonchev–Trinajstić information content (AvgIpc) is 2.83. The number of rotatable bonds is 8. The van der Waals surface area contributed by atoms with E-state index in [1.165, 1.54) is 18.2 Å². The number of ether oxygens (including phenoxy) is 1. The minimum atomic E-state index is -1.43. The maximum atomic E-state index is 11.6. The molecule has 1 aliphatic rings. The molecule has 0 spiro atoms. The molecular weight excluding hydrogens is 464 g/mol. The van der Waals surface area contributed by atoms with Crippen LogP contribution in [0.3, 0.4) is 0 Å². The number of allylic oxidation sites excluding steroid dienone is 5. The third-order valence-corrected chi connectivity index (χ3v) is 5.60. The minimum absolute atomic E-state index is 0.0264. The summed E-state index contributed by atoms with van der Waals surface area (Å²) in [7, 11) is 0. The third-order valence-electron chi connectivity index (χ3n) is 5.60. The molecule has 0 bridgehead atoms. The number of aliphatic hydroxyl groups excluding tert-OH is 2. The van der Waals surface area contributed by atoms with Crippen molar-refractivity contribution in [2.75, 3.05) is 6.61 Å². The molecular formula is C28H34O8. The average molecular weight is 499 g/mol. The smallest absolute Gasteiger partial charge is 0.336 e. The Hall–Kier alpha value is -3.49. The van der Waals surface area contributed by atoms with Gasteiger partial charge < -0.3 is 29.3 Å². The Labute approximate surface area is 210 Å².